The largest absolute Gasteiger partial charge is 0.310 e. The van der Waals surface area contributed by atoms with Gasteiger partial charge >= 0.3 is 0 Å². The standard InChI is InChI=1S/C49H40N2/c1-31-20-23-36-38-29-43-47(30-41(38)48(2,3)40(36)26-31)51(35-16-10-7-11-17-35)46-25-22-33(28-42(46)49(43,4)5)32-21-24-45-39(27-32)37-18-12-13-19-44(37)50(45)34-14-8-6-9-15-34/h6-30H,1-5H3. The summed E-state index contributed by atoms with van der Waals surface area (Å²) in [6.45, 7) is 11.8. The second kappa shape index (κ2) is 10.6. The van der Waals surface area contributed by atoms with Crippen LogP contribution in [0.3, 0.4) is 0 Å². The molecule has 0 saturated heterocycles. The fourth-order valence-electron chi connectivity index (χ4n) is 9.12. The minimum atomic E-state index is -0.230. The predicted octanol–water partition coefficient (Wildman–Crippen LogP) is 13.2. The molecule has 1 aromatic heterocycles. The molecule has 7 aromatic carbocycles. The predicted molar refractivity (Wildman–Crippen MR) is 215 cm³/mol. The van der Waals surface area contributed by atoms with Crippen molar-refractivity contribution in [2.75, 3.05) is 4.90 Å². The van der Waals surface area contributed by atoms with Gasteiger partial charge in [0.05, 0.1) is 22.4 Å². The van der Waals surface area contributed by atoms with Crippen LogP contribution in [0.2, 0.25) is 0 Å². The van der Waals surface area contributed by atoms with Crippen molar-refractivity contribution in [3.8, 4) is 27.9 Å². The van der Waals surface area contributed by atoms with Crippen molar-refractivity contribution < 1.29 is 0 Å². The normalized spacial score (nSPS) is 15.0. The highest BCUT2D eigenvalue weighted by molar-refractivity contribution is 6.10. The summed E-state index contributed by atoms with van der Waals surface area (Å²) in [5.74, 6) is 0. The van der Waals surface area contributed by atoms with Gasteiger partial charge in [0.1, 0.15) is 0 Å². The molecule has 10 rings (SSSR count). The van der Waals surface area contributed by atoms with Gasteiger partial charge in [-0.15, -0.1) is 0 Å². The van der Waals surface area contributed by atoms with Gasteiger partial charge in [0.15, 0.2) is 0 Å². The van der Waals surface area contributed by atoms with Gasteiger partial charge in [-0.2, -0.15) is 0 Å². The number of aryl methyl sites for hydroxylation is 1. The molecule has 1 aliphatic carbocycles. The minimum absolute atomic E-state index is 0.0787. The molecule has 1 aliphatic heterocycles. The molecule has 2 heterocycles. The number of para-hydroxylation sites is 3. The maximum atomic E-state index is 2.52. The Hall–Kier alpha value is -5.86. The average Bonchev–Trinajstić information content (AvgIpc) is 3.59. The van der Waals surface area contributed by atoms with Gasteiger partial charge < -0.3 is 9.47 Å². The van der Waals surface area contributed by atoms with Crippen LogP contribution in [0.25, 0.3) is 49.7 Å². The second-order valence-corrected chi connectivity index (χ2v) is 15.5. The molecule has 0 unspecified atom stereocenters. The molecule has 0 spiro atoms. The first-order chi connectivity index (χ1) is 24.7. The number of benzene rings is 7. The van der Waals surface area contributed by atoms with E-state index in [-0.39, 0.29) is 10.8 Å². The third kappa shape index (κ3) is 4.23. The zero-order chi connectivity index (χ0) is 34.6. The first-order valence-electron chi connectivity index (χ1n) is 18.1. The highest BCUT2D eigenvalue weighted by Gasteiger charge is 2.42. The van der Waals surface area contributed by atoms with Crippen molar-refractivity contribution in [1.82, 2.24) is 4.57 Å². The third-order valence-electron chi connectivity index (χ3n) is 11.8. The van der Waals surface area contributed by atoms with Crippen LogP contribution in [0.15, 0.2) is 152 Å². The van der Waals surface area contributed by atoms with Crippen LogP contribution in [0.5, 0.6) is 0 Å². The average molecular weight is 657 g/mol. The van der Waals surface area contributed by atoms with E-state index in [0.29, 0.717) is 0 Å². The first-order valence-corrected chi connectivity index (χ1v) is 18.1. The number of nitrogens with zero attached hydrogens (tertiary/aromatic N) is 2. The number of rotatable bonds is 3. The molecule has 2 aliphatic rings. The van der Waals surface area contributed by atoms with Gasteiger partial charge in [-0.05, 0) is 118 Å². The van der Waals surface area contributed by atoms with Crippen LogP contribution in [0.1, 0.15) is 55.5 Å². The van der Waals surface area contributed by atoms with Gasteiger partial charge in [-0.25, -0.2) is 0 Å². The Kier molecular flexibility index (Phi) is 6.22. The Morgan fingerprint density at radius 1 is 0.412 bits per heavy atom. The summed E-state index contributed by atoms with van der Waals surface area (Å²) in [5.41, 5.74) is 19.1. The van der Waals surface area contributed by atoms with E-state index < -0.39 is 0 Å². The Morgan fingerprint density at radius 3 is 1.80 bits per heavy atom. The maximum absolute atomic E-state index is 2.52. The molecule has 2 nitrogen and oxygen atoms in total. The molecule has 0 radical (unpaired) electrons. The van der Waals surface area contributed by atoms with Crippen LogP contribution in [-0.2, 0) is 10.8 Å². The van der Waals surface area contributed by atoms with E-state index in [9.17, 15) is 0 Å². The Balaban J connectivity index is 1.18. The SMILES string of the molecule is Cc1ccc2c(c1)C(C)(C)c1cc3c(cc1-2)C(C)(C)c1cc(-c2ccc4c(c2)c2ccccc2n4-c2ccccc2)ccc1N3c1ccccc1. The molecule has 0 atom stereocenters. The highest BCUT2D eigenvalue weighted by Crippen LogP contribution is 2.58. The number of hydrogen-bond acceptors (Lipinski definition) is 1. The number of anilines is 3. The molecular weight excluding hydrogens is 617 g/mol. The topological polar surface area (TPSA) is 8.17 Å². The first kappa shape index (κ1) is 30.0. The van der Waals surface area contributed by atoms with E-state index in [2.05, 4.69) is 196 Å². The molecule has 0 bridgehead atoms. The van der Waals surface area contributed by atoms with E-state index in [0.717, 1.165) is 0 Å². The van der Waals surface area contributed by atoms with Gasteiger partial charge in [0.25, 0.3) is 0 Å². The third-order valence-corrected chi connectivity index (χ3v) is 11.8. The van der Waals surface area contributed by atoms with Gasteiger partial charge in [-0.1, -0.05) is 118 Å². The van der Waals surface area contributed by atoms with Crippen LogP contribution in [0, 0.1) is 6.92 Å². The smallest absolute Gasteiger partial charge is 0.0541 e. The van der Waals surface area contributed by atoms with E-state index in [4.69, 9.17) is 0 Å². The van der Waals surface area contributed by atoms with E-state index in [1.165, 1.54) is 94.6 Å². The molecule has 0 N–H and O–H groups in total. The molecular formula is C49H40N2. The lowest BCUT2D eigenvalue weighted by Crippen LogP contribution is -2.31. The quantitative estimate of drug-likeness (QED) is 0.184. The Labute approximate surface area is 300 Å². The summed E-state index contributed by atoms with van der Waals surface area (Å²) in [6, 6.07) is 56.5. The summed E-state index contributed by atoms with van der Waals surface area (Å²) in [6.07, 6.45) is 0. The van der Waals surface area contributed by atoms with Crippen LogP contribution < -0.4 is 4.90 Å². The lowest BCUT2D eigenvalue weighted by molar-refractivity contribution is 0.627. The van der Waals surface area contributed by atoms with Crippen molar-refractivity contribution >= 4 is 38.9 Å². The lowest BCUT2D eigenvalue weighted by atomic mass is 9.71. The summed E-state index contributed by atoms with van der Waals surface area (Å²) in [5, 5.41) is 2.54. The number of hydrogen-bond donors (Lipinski definition) is 0. The zero-order valence-corrected chi connectivity index (χ0v) is 29.8. The molecule has 8 aromatic rings. The molecule has 2 heteroatoms. The van der Waals surface area contributed by atoms with Gasteiger partial charge in [0, 0.05) is 33.0 Å². The fraction of sp³-hybridized carbons (Fsp3) is 0.143. The Bertz CT molecular complexity index is 2690. The van der Waals surface area contributed by atoms with Crippen LogP contribution >= 0.6 is 0 Å². The minimum Gasteiger partial charge on any atom is -0.310 e. The zero-order valence-electron chi connectivity index (χ0n) is 29.8. The van der Waals surface area contributed by atoms with E-state index in [1.807, 2.05) is 0 Å². The van der Waals surface area contributed by atoms with E-state index in [1.54, 1.807) is 0 Å². The highest BCUT2D eigenvalue weighted by atomic mass is 15.2. The molecule has 246 valence electrons. The van der Waals surface area contributed by atoms with Gasteiger partial charge in [-0.3, -0.25) is 0 Å². The molecule has 0 fully saturated rings. The van der Waals surface area contributed by atoms with Crippen molar-refractivity contribution in [1.29, 1.82) is 0 Å². The van der Waals surface area contributed by atoms with Crippen molar-refractivity contribution in [3.63, 3.8) is 0 Å². The number of aromatic nitrogens is 1. The fourth-order valence-corrected chi connectivity index (χ4v) is 9.12. The Morgan fingerprint density at radius 2 is 1.02 bits per heavy atom. The molecule has 51 heavy (non-hydrogen) atoms. The van der Waals surface area contributed by atoms with Gasteiger partial charge in [0.2, 0.25) is 0 Å². The maximum Gasteiger partial charge on any atom is 0.0541 e. The van der Waals surface area contributed by atoms with Crippen molar-refractivity contribution in [2.24, 2.45) is 0 Å². The number of fused-ring (bicyclic) bond motifs is 8. The monoisotopic (exact) mass is 656 g/mol. The van der Waals surface area contributed by atoms with Crippen LogP contribution in [-0.4, -0.2) is 4.57 Å². The van der Waals surface area contributed by atoms with E-state index >= 15 is 0 Å². The van der Waals surface area contributed by atoms with Crippen LogP contribution in [0.4, 0.5) is 17.1 Å². The molecule has 0 amide bonds. The summed E-state index contributed by atoms with van der Waals surface area (Å²) < 4.78 is 2.39. The molecule has 0 saturated carbocycles. The van der Waals surface area contributed by atoms with Crippen molar-refractivity contribution in [2.45, 2.75) is 45.4 Å². The lowest BCUT2D eigenvalue weighted by Gasteiger charge is -2.43. The second-order valence-electron chi connectivity index (χ2n) is 15.5. The summed E-state index contributed by atoms with van der Waals surface area (Å²) >= 11 is 0. The summed E-state index contributed by atoms with van der Waals surface area (Å²) in [4.78, 5) is 2.50. The van der Waals surface area contributed by atoms with Crippen molar-refractivity contribution in [3.05, 3.63) is 179 Å². The summed E-state index contributed by atoms with van der Waals surface area (Å²) in [7, 11) is 0.